The van der Waals surface area contributed by atoms with E-state index in [2.05, 4.69) is 21.9 Å². The Labute approximate surface area is 121 Å². The van der Waals surface area contributed by atoms with Crippen LogP contribution < -0.4 is 16.4 Å². The smallest absolute Gasteiger partial charge is 0.333 e. The minimum Gasteiger partial charge on any atom is -0.467 e. The average molecular weight is 301 g/mol. The fraction of sp³-hybridized carbons (Fsp3) is 0.500. The van der Waals surface area contributed by atoms with E-state index in [1.165, 1.54) is 6.92 Å². The minimum atomic E-state index is -1.18. The first-order chi connectivity index (χ1) is 9.77. The van der Waals surface area contributed by atoms with Crippen molar-refractivity contribution in [2.24, 2.45) is 5.73 Å². The molecule has 0 saturated carbocycles. The molecule has 0 aromatic rings. The maximum atomic E-state index is 11.5. The van der Waals surface area contributed by atoms with Gasteiger partial charge in [0, 0.05) is 5.57 Å². The van der Waals surface area contributed by atoms with Crippen molar-refractivity contribution >= 4 is 23.9 Å². The van der Waals surface area contributed by atoms with Gasteiger partial charge in [-0.05, 0) is 6.92 Å². The maximum Gasteiger partial charge on any atom is 0.333 e. The second kappa shape index (κ2) is 9.34. The topological polar surface area (TPSA) is 137 Å². The second-order valence-electron chi connectivity index (χ2n) is 4.06. The van der Waals surface area contributed by atoms with Crippen LogP contribution in [0.3, 0.4) is 0 Å². The van der Waals surface area contributed by atoms with Gasteiger partial charge in [-0.15, -0.1) is 0 Å². The molecule has 0 fully saturated rings. The molecule has 3 amide bonds. The summed E-state index contributed by atoms with van der Waals surface area (Å²) in [6.45, 7) is 4.85. The van der Waals surface area contributed by atoms with E-state index < -0.39 is 29.9 Å². The molecule has 0 aliphatic rings. The first kappa shape index (κ1) is 18.4. The number of carbonyl (C=O) groups is 4. The van der Waals surface area contributed by atoms with Gasteiger partial charge in [0.2, 0.25) is 5.91 Å². The van der Waals surface area contributed by atoms with Crippen LogP contribution in [0.1, 0.15) is 13.3 Å². The molecule has 0 radical (unpaired) electrons. The first-order valence-electron chi connectivity index (χ1n) is 6.01. The Hall–Kier alpha value is -2.58. The van der Waals surface area contributed by atoms with E-state index in [1.807, 2.05) is 0 Å². The van der Waals surface area contributed by atoms with E-state index in [9.17, 15) is 19.2 Å². The predicted octanol–water partition coefficient (Wildman–Crippen LogP) is -1.18. The highest BCUT2D eigenvalue weighted by molar-refractivity contribution is 5.88. The van der Waals surface area contributed by atoms with Gasteiger partial charge in [-0.1, -0.05) is 6.58 Å². The van der Waals surface area contributed by atoms with Crippen molar-refractivity contribution in [2.75, 3.05) is 20.3 Å². The van der Waals surface area contributed by atoms with Gasteiger partial charge in [0.25, 0.3) is 0 Å². The Bertz CT molecular complexity index is 435. The highest BCUT2D eigenvalue weighted by Crippen LogP contribution is 1.95. The molecule has 0 aliphatic carbocycles. The number of carbonyl (C=O) groups excluding carboxylic acids is 4. The molecule has 118 valence electrons. The van der Waals surface area contributed by atoms with Gasteiger partial charge in [-0.3, -0.25) is 4.79 Å². The van der Waals surface area contributed by atoms with Gasteiger partial charge in [-0.25, -0.2) is 14.4 Å². The van der Waals surface area contributed by atoms with Gasteiger partial charge in [-0.2, -0.15) is 0 Å². The van der Waals surface area contributed by atoms with Crippen LogP contribution in [0, 0.1) is 0 Å². The number of primary amides is 1. The molecule has 1 atom stereocenters. The standard InChI is InChI=1S/C12H19N3O6/c1-7(2)10(17)21-5-4-14-12(19)15-8(6-9(13)16)11(18)20-3/h8H,1,4-6H2,2-3H3,(H2,13,16)(H2,14,15,19). The first-order valence-corrected chi connectivity index (χ1v) is 6.01. The van der Waals surface area contributed by atoms with Crippen molar-refractivity contribution in [3.8, 4) is 0 Å². The van der Waals surface area contributed by atoms with Crippen LogP contribution in [0.2, 0.25) is 0 Å². The van der Waals surface area contributed by atoms with Crippen LogP contribution in [0.15, 0.2) is 12.2 Å². The van der Waals surface area contributed by atoms with Gasteiger partial charge < -0.3 is 25.8 Å². The lowest BCUT2D eigenvalue weighted by molar-refractivity contribution is -0.144. The van der Waals surface area contributed by atoms with E-state index in [0.717, 1.165) is 7.11 Å². The van der Waals surface area contributed by atoms with Crippen molar-refractivity contribution in [3.63, 3.8) is 0 Å². The number of methoxy groups -OCH3 is 1. The van der Waals surface area contributed by atoms with Crippen molar-refractivity contribution in [1.29, 1.82) is 0 Å². The monoisotopic (exact) mass is 301 g/mol. The quantitative estimate of drug-likeness (QED) is 0.293. The molecule has 21 heavy (non-hydrogen) atoms. The van der Waals surface area contributed by atoms with Crippen LogP contribution >= 0.6 is 0 Å². The lowest BCUT2D eigenvalue weighted by Gasteiger charge is -2.15. The molecule has 9 heteroatoms. The third-order valence-corrected chi connectivity index (χ3v) is 2.17. The Morgan fingerprint density at radius 1 is 1.29 bits per heavy atom. The number of nitrogens with one attached hydrogen (secondary N) is 2. The van der Waals surface area contributed by atoms with Crippen LogP contribution in [-0.2, 0) is 23.9 Å². The molecule has 0 aliphatic heterocycles. The number of hydrogen-bond acceptors (Lipinski definition) is 6. The summed E-state index contributed by atoms with van der Waals surface area (Å²) in [6, 6.07) is -1.90. The number of esters is 2. The van der Waals surface area contributed by atoms with E-state index in [1.54, 1.807) is 0 Å². The van der Waals surface area contributed by atoms with Gasteiger partial charge >= 0.3 is 18.0 Å². The number of rotatable bonds is 8. The van der Waals surface area contributed by atoms with Crippen molar-refractivity contribution in [1.82, 2.24) is 10.6 Å². The third kappa shape index (κ3) is 8.24. The number of hydrogen-bond donors (Lipinski definition) is 3. The Kier molecular flexibility index (Phi) is 8.20. The number of amides is 3. The summed E-state index contributed by atoms with van der Waals surface area (Å²) in [4.78, 5) is 44.7. The zero-order chi connectivity index (χ0) is 16.4. The summed E-state index contributed by atoms with van der Waals surface area (Å²) < 4.78 is 9.17. The Balaban J connectivity index is 4.14. The minimum absolute atomic E-state index is 0.0231. The fourth-order valence-corrected chi connectivity index (χ4v) is 1.18. The van der Waals surface area contributed by atoms with E-state index in [-0.39, 0.29) is 25.1 Å². The van der Waals surface area contributed by atoms with Gasteiger partial charge in [0.05, 0.1) is 20.1 Å². The molecule has 9 nitrogen and oxygen atoms in total. The highest BCUT2D eigenvalue weighted by atomic mass is 16.5. The molecular formula is C12H19N3O6. The normalized spacial score (nSPS) is 11.0. The molecule has 0 saturated heterocycles. The second-order valence-corrected chi connectivity index (χ2v) is 4.06. The number of ether oxygens (including phenoxy) is 2. The molecule has 0 heterocycles. The molecule has 0 spiro atoms. The summed E-state index contributed by atoms with van der Waals surface area (Å²) in [5.74, 6) is -2.13. The lowest BCUT2D eigenvalue weighted by atomic mass is 10.2. The highest BCUT2D eigenvalue weighted by Gasteiger charge is 2.23. The molecular weight excluding hydrogens is 282 g/mol. The lowest BCUT2D eigenvalue weighted by Crippen LogP contribution is -2.48. The molecule has 1 unspecified atom stereocenters. The van der Waals surface area contributed by atoms with Gasteiger partial charge in [0.15, 0.2) is 0 Å². The third-order valence-electron chi connectivity index (χ3n) is 2.17. The summed E-state index contributed by atoms with van der Waals surface area (Å²) in [6.07, 6.45) is -0.384. The zero-order valence-corrected chi connectivity index (χ0v) is 11.9. The summed E-state index contributed by atoms with van der Waals surface area (Å²) in [5.41, 5.74) is 5.20. The van der Waals surface area contributed by atoms with Crippen LogP contribution in [0.4, 0.5) is 4.79 Å². The van der Waals surface area contributed by atoms with E-state index in [0.29, 0.717) is 0 Å². The molecule has 0 bridgehead atoms. The van der Waals surface area contributed by atoms with Crippen molar-refractivity contribution in [2.45, 2.75) is 19.4 Å². The number of nitrogens with two attached hydrogens (primary N) is 1. The average Bonchev–Trinajstić information content (AvgIpc) is 2.40. The van der Waals surface area contributed by atoms with Crippen molar-refractivity contribution in [3.05, 3.63) is 12.2 Å². The van der Waals surface area contributed by atoms with E-state index >= 15 is 0 Å². The van der Waals surface area contributed by atoms with Gasteiger partial charge in [0.1, 0.15) is 12.6 Å². The summed E-state index contributed by atoms with van der Waals surface area (Å²) in [5, 5.41) is 4.57. The summed E-state index contributed by atoms with van der Waals surface area (Å²) >= 11 is 0. The maximum absolute atomic E-state index is 11.5. The van der Waals surface area contributed by atoms with Crippen LogP contribution in [-0.4, -0.2) is 50.2 Å². The zero-order valence-electron chi connectivity index (χ0n) is 11.9. The van der Waals surface area contributed by atoms with Crippen LogP contribution in [0.25, 0.3) is 0 Å². The fourth-order valence-electron chi connectivity index (χ4n) is 1.18. The molecule has 4 N–H and O–H groups in total. The molecule has 0 aromatic heterocycles. The SMILES string of the molecule is C=C(C)C(=O)OCCNC(=O)NC(CC(N)=O)C(=O)OC. The summed E-state index contributed by atoms with van der Waals surface area (Å²) in [7, 11) is 1.12. The van der Waals surface area contributed by atoms with Crippen LogP contribution in [0.5, 0.6) is 0 Å². The van der Waals surface area contributed by atoms with E-state index in [4.69, 9.17) is 10.5 Å². The largest absolute Gasteiger partial charge is 0.467 e. The predicted molar refractivity (Wildman–Crippen MR) is 71.9 cm³/mol. The Morgan fingerprint density at radius 3 is 2.38 bits per heavy atom. The molecule has 0 rings (SSSR count). The molecule has 0 aromatic carbocycles. The Morgan fingerprint density at radius 2 is 1.90 bits per heavy atom. The number of urea groups is 1. The van der Waals surface area contributed by atoms with Crippen molar-refractivity contribution < 1.29 is 28.7 Å².